The van der Waals surface area contributed by atoms with Gasteiger partial charge in [-0.05, 0) is 37.1 Å². The molecule has 3 rings (SSSR count). The lowest BCUT2D eigenvalue weighted by Gasteiger charge is -2.37. The Hall–Kier alpha value is -1.02. The average molecular weight is 189 g/mol. The first-order valence-corrected chi connectivity index (χ1v) is 5.35. The third-order valence-electron chi connectivity index (χ3n) is 3.39. The Morgan fingerprint density at radius 1 is 1.14 bits per heavy atom. The van der Waals surface area contributed by atoms with Crippen molar-refractivity contribution >= 4 is 0 Å². The SMILES string of the molecule is c1ccc2c(c1)CC(C1CNC1)CO2. The molecule has 0 saturated carbocycles. The van der Waals surface area contributed by atoms with Gasteiger partial charge in [0.2, 0.25) is 0 Å². The Labute approximate surface area is 84.3 Å². The molecule has 2 aliphatic rings. The minimum Gasteiger partial charge on any atom is -0.493 e. The van der Waals surface area contributed by atoms with E-state index < -0.39 is 0 Å². The molecule has 2 aliphatic heterocycles. The Balaban J connectivity index is 1.79. The second kappa shape index (κ2) is 3.28. The molecule has 0 amide bonds. The maximum Gasteiger partial charge on any atom is 0.122 e. The monoisotopic (exact) mass is 189 g/mol. The van der Waals surface area contributed by atoms with Gasteiger partial charge in [0.15, 0.2) is 0 Å². The van der Waals surface area contributed by atoms with Crippen LogP contribution in [0.4, 0.5) is 0 Å². The molecule has 14 heavy (non-hydrogen) atoms. The van der Waals surface area contributed by atoms with Gasteiger partial charge in [0, 0.05) is 5.92 Å². The normalized spacial score (nSPS) is 26.1. The molecule has 0 spiro atoms. The fraction of sp³-hybridized carbons (Fsp3) is 0.500. The van der Waals surface area contributed by atoms with Crippen LogP contribution in [0.25, 0.3) is 0 Å². The minimum atomic E-state index is 0.728. The molecule has 2 heterocycles. The number of para-hydroxylation sites is 1. The van der Waals surface area contributed by atoms with E-state index in [-0.39, 0.29) is 0 Å². The second-order valence-electron chi connectivity index (χ2n) is 4.30. The van der Waals surface area contributed by atoms with Gasteiger partial charge in [0.25, 0.3) is 0 Å². The molecule has 2 heteroatoms. The zero-order valence-electron chi connectivity index (χ0n) is 8.20. The van der Waals surface area contributed by atoms with Gasteiger partial charge in [-0.15, -0.1) is 0 Å². The van der Waals surface area contributed by atoms with Crippen LogP contribution in [0.15, 0.2) is 24.3 Å². The molecule has 0 radical (unpaired) electrons. The molecule has 0 aromatic heterocycles. The van der Waals surface area contributed by atoms with Crippen LogP contribution in [0.5, 0.6) is 5.75 Å². The van der Waals surface area contributed by atoms with Gasteiger partial charge in [-0.2, -0.15) is 0 Å². The first-order valence-electron chi connectivity index (χ1n) is 5.35. The van der Waals surface area contributed by atoms with Crippen LogP contribution in [0.2, 0.25) is 0 Å². The van der Waals surface area contributed by atoms with Crippen molar-refractivity contribution in [2.24, 2.45) is 11.8 Å². The zero-order chi connectivity index (χ0) is 9.38. The molecular formula is C12H15NO. The number of hydrogen-bond donors (Lipinski definition) is 1. The highest BCUT2D eigenvalue weighted by molar-refractivity contribution is 5.35. The van der Waals surface area contributed by atoms with Crippen LogP contribution in [-0.2, 0) is 6.42 Å². The van der Waals surface area contributed by atoms with E-state index in [4.69, 9.17) is 4.74 Å². The highest BCUT2D eigenvalue weighted by Gasteiger charge is 2.30. The van der Waals surface area contributed by atoms with Crippen LogP contribution >= 0.6 is 0 Å². The molecule has 0 bridgehead atoms. The summed E-state index contributed by atoms with van der Waals surface area (Å²) in [6.45, 7) is 3.26. The molecule has 0 aliphatic carbocycles. The Morgan fingerprint density at radius 2 is 2.00 bits per heavy atom. The zero-order valence-corrected chi connectivity index (χ0v) is 8.20. The largest absolute Gasteiger partial charge is 0.493 e. The van der Waals surface area contributed by atoms with E-state index in [1.807, 2.05) is 6.07 Å². The van der Waals surface area contributed by atoms with Crippen molar-refractivity contribution < 1.29 is 4.74 Å². The number of fused-ring (bicyclic) bond motifs is 1. The Morgan fingerprint density at radius 3 is 2.79 bits per heavy atom. The fourth-order valence-electron chi connectivity index (χ4n) is 2.30. The van der Waals surface area contributed by atoms with Gasteiger partial charge in [-0.3, -0.25) is 0 Å². The molecule has 1 atom stereocenters. The quantitative estimate of drug-likeness (QED) is 0.722. The summed E-state index contributed by atoms with van der Waals surface area (Å²) in [5.41, 5.74) is 1.38. The maximum atomic E-state index is 5.77. The molecule has 1 unspecified atom stereocenters. The minimum absolute atomic E-state index is 0.728. The van der Waals surface area contributed by atoms with Crippen molar-refractivity contribution in [2.45, 2.75) is 6.42 Å². The summed E-state index contributed by atoms with van der Waals surface area (Å²) in [7, 11) is 0. The summed E-state index contributed by atoms with van der Waals surface area (Å²) >= 11 is 0. The van der Waals surface area contributed by atoms with Gasteiger partial charge in [-0.25, -0.2) is 0 Å². The maximum absolute atomic E-state index is 5.77. The molecule has 1 fully saturated rings. The highest BCUT2D eigenvalue weighted by Crippen LogP contribution is 2.31. The smallest absolute Gasteiger partial charge is 0.122 e. The topological polar surface area (TPSA) is 21.3 Å². The Bertz CT molecular complexity index is 333. The standard InChI is InChI=1S/C12H15NO/c1-2-4-12-9(3-1)5-10(8-14-12)11-6-13-7-11/h1-4,10-11,13H,5-8H2. The van der Waals surface area contributed by atoms with Crippen molar-refractivity contribution in [1.82, 2.24) is 5.32 Å². The van der Waals surface area contributed by atoms with Crippen molar-refractivity contribution in [2.75, 3.05) is 19.7 Å². The van der Waals surface area contributed by atoms with Crippen molar-refractivity contribution in [3.05, 3.63) is 29.8 Å². The van der Waals surface area contributed by atoms with Gasteiger partial charge >= 0.3 is 0 Å². The third kappa shape index (κ3) is 1.30. The molecule has 1 aromatic carbocycles. The molecular weight excluding hydrogens is 174 g/mol. The van der Waals surface area contributed by atoms with Gasteiger partial charge < -0.3 is 10.1 Å². The van der Waals surface area contributed by atoms with Crippen LogP contribution in [0.1, 0.15) is 5.56 Å². The first-order chi connectivity index (χ1) is 6.93. The third-order valence-corrected chi connectivity index (χ3v) is 3.39. The van der Waals surface area contributed by atoms with E-state index in [0.717, 1.165) is 24.2 Å². The van der Waals surface area contributed by atoms with E-state index in [2.05, 4.69) is 23.5 Å². The molecule has 1 saturated heterocycles. The molecule has 1 N–H and O–H groups in total. The second-order valence-corrected chi connectivity index (χ2v) is 4.30. The lowest BCUT2D eigenvalue weighted by molar-refractivity contribution is 0.135. The summed E-state index contributed by atoms with van der Waals surface area (Å²) in [6.07, 6.45) is 1.20. The van der Waals surface area contributed by atoms with Crippen molar-refractivity contribution in [3.8, 4) is 5.75 Å². The van der Waals surface area contributed by atoms with Gasteiger partial charge in [0.1, 0.15) is 5.75 Å². The molecule has 1 aromatic rings. The number of rotatable bonds is 1. The summed E-state index contributed by atoms with van der Waals surface area (Å²) in [6, 6.07) is 8.41. The van der Waals surface area contributed by atoms with Crippen LogP contribution in [0.3, 0.4) is 0 Å². The number of ether oxygens (including phenoxy) is 1. The lowest BCUT2D eigenvalue weighted by Crippen LogP contribution is -2.48. The summed E-state index contributed by atoms with van der Waals surface area (Å²) in [5, 5.41) is 3.33. The van der Waals surface area contributed by atoms with Crippen LogP contribution in [0, 0.1) is 11.8 Å². The van der Waals surface area contributed by atoms with E-state index in [9.17, 15) is 0 Å². The van der Waals surface area contributed by atoms with Crippen molar-refractivity contribution in [1.29, 1.82) is 0 Å². The van der Waals surface area contributed by atoms with Gasteiger partial charge in [0.05, 0.1) is 6.61 Å². The van der Waals surface area contributed by atoms with E-state index >= 15 is 0 Å². The number of hydrogen-bond acceptors (Lipinski definition) is 2. The summed E-state index contributed by atoms with van der Waals surface area (Å²) < 4.78 is 5.77. The Kier molecular flexibility index (Phi) is 1.95. The van der Waals surface area contributed by atoms with E-state index in [1.54, 1.807) is 0 Å². The fourth-order valence-corrected chi connectivity index (χ4v) is 2.30. The predicted molar refractivity (Wildman–Crippen MR) is 55.5 cm³/mol. The van der Waals surface area contributed by atoms with E-state index in [0.29, 0.717) is 0 Å². The van der Waals surface area contributed by atoms with Crippen LogP contribution in [-0.4, -0.2) is 19.7 Å². The van der Waals surface area contributed by atoms with Gasteiger partial charge in [-0.1, -0.05) is 18.2 Å². The lowest BCUT2D eigenvalue weighted by atomic mass is 9.82. The number of benzene rings is 1. The summed E-state index contributed by atoms with van der Waals surface area (Å²) in [5.74, 6) is 2.66. The summed E-state index contributed by atoms with van der Waals surface area (Å²) in [4.78, 5) is 0. The predicted octanol–water partition coefficient (Wildman–Crippen LogP) is 1.46. The average Bonchev–Trinajstić information content (AvgIpc) is 2.15. The molecule has 74 valence electrons. The molecule has 2 nitrogen and oxygen atoms in total. The van der Waals surface area contributed by atoms with E-state index in [1.165, 1.54) is 25.1 Å². The van der Waals surface area contributed by atoms with Crippen molar-refractivity contribution in [3.63, 3.8) is 0 Å². The first kappa shape index (κ1) is 8.30. The highest BCUT2D eigenvalue weighted by atomic mass is 16.5. The number of nitrogens with one attached hydrogen (secondary N) is 1. The van der Waals surface area contributed by atoms with Crippen LogP contribution < -0.4 is 10.1 Å².